The molecule has 1 heterocycles. The fraction of sp³-hybridized carbons (Fsp3) is 0.263. The number of hydrogen-bond donors (Lipinski definition) is 0. The van der Waals surface area contributed by atoms with E-state index in [1.165, 1.54) is 5.56 Å². The van der Waals surface area contributed by atoms with Crippen molar-refractivity contribution in [2.75, 3.05) is 13.6 Å². The second-order valence-corrected chi connectivity index (χ2v) is 5.25. The molecule has 0 atom stereocenters. The summed E-state index contributed by atoms with van der Waals surface area (Å²) in [6.07, 6.45) is 6.99. The zero-order valence-corrected chi connectivity index (χ0v) is 13.2. The maximum absolute atomic E-state index is 12.3. The molecule has 0 bridgehead atoms. The van der Waals surface area contributed by atoms with Crippen LogP contribution in [0.2, 0.25) is 0 Å². The Hall–Kier alpha value is -2.42. The molecule has 0 spiro atoms. The average Bonchev–Trinajstić information content (AvgIpc) is 2.59. The topological polar surface area (TPSA) is 33.2 Å². The van der Waals surface area contributed by atoms with Crippen molar-refractivity contribution in [3.8, 4) is 0 Å². The highest BCUT2D eigenvalue weighted by atomic mass is 16.2. The number of rotatable bonds is 6. The highest BCUT2D eigenvalue weighted by Crippen LogP contribution is 2.17. The van der Waals surface area contributed by atoms with Crippen molar-refractivity contribution in [1.82, 2.24) is 9.88 Å². The van der Waals surface area contributed by atoms with Crippen molar-refractivity contribution in [3.63, 3.8) is 0 Å². The third-order valence-electron chi connectivity index (χ3n) is 3.68. The van der Waals surface area contributed by atoms with Gasteiger partial charge < -0.3 is 4.90 Å². The van der Waals surface area contributed by atoms with E-state index in [9.17, 15) is 4.79 Å². The molecule has 1 aromatic carbocycles. The largest absolute Gasteiger partial charge is 0.342 e. The molecule has 2 aromatic rings. The van der Waals surface area contributed by atoms with Gasteiger partial charge in [0.25, 0.3) is 0 Å². The predicted molar refractivity (Wildman–Crippen MR) is 90.3 cm³/mol. The molecule has 1 aromatic heterocycles. The molecule has 22 heavy (non-hydrogen) atoms. The first-order chi connectivity index (χ1) is 10.7. The molecule has 0 saturated heterocycles. The van der Waals surface area contributed by atoms with E-state index in [1.54, 1.807) is 23.4 Å². The van der Waals surface area contributed by atoms with Crippen LogP contribution in [-0.2, 0) is 11.2 Å². The Labute approximate surface area is 132 Å². The van der Waals surface area contributed by atoms with E-state index in [2.05, 4.69) is 11.9 Å². The van der Waals surface area contributed by atoms with Gasteiger partial charge in [0.1, 0.15) is 0 Å². The number of nitrogens with zero attached hydrogens (tertiary/aromatic N) is 2. The van der Waals surface area contributed by atoms with Crippen LogP contribution >= 0.6 is 0 Å². The van der Waals surface area contributed by atoms with Crippen LogP contribution in [0.25, 0.3) is 5.57 Å². The van der Waals surface area contributed by atoms with Crippen LogP contribution in [0.1, 0.15) is 24.5 Å². The van der Waals surface area contributed by atoms with E-state index >= 15 is 0 Å². The van der Waals surface area contributed by atoms with Gasteiger partial charge in [-0.3, -0.25) is 9.78 Å². The molecular formula is C19H22N2O. The second kappa shape index (κ2) is 8.13. The van der Waals surface area contributed by atoms with Crippen molar-refractivity contribution in [2.45, 2.75) is 19.8 Å². The first-order valence-corrected chi connectivity index (χ1v) is 7.60. The van der Waals surface area contributed by atoms with E-state index in [0.717, 1.165) is 24.0 Å². The van der Waals surface area contributed by atoms with Crippen molar-refractivity contribution < 1.29 is 4.79 Å². The number of allylic oxidation sites excluding steroid dienone is 1. The zero-order valence-electron chi connectivity index (χ0n) is 13.2. The summed E-state index contributed by atoms with van der Waals surface area (Å²) in [4.78, 5) is 18.1. The Bertz CT molecular complexity index is 620. The van der Waals surface area contributed by atoms with E-state index in [4.69, 9.17) is 0 Å². The summed E-state index contributed by atoms with van der Waals surface area (Å²) in [6.45, 7) is 2.77. The summed E-state index contributed by atoms with van der Waals surface area (Å²) >= 11 is 0. The van der Waals surface area contributed by atoms with Crippen LogP contribution in [0.4, 0.5) is 0 Å². The summed E-state index contributed by atoms with van der Waals surface area (Å²) in [6, 6.07) is 14.0. The normalized spacial score (nSPS) is 11.3. The van der Waals surface area contributed by atoms with Crippen LogP contribution in [-0.4, -0.2) is 29.4 Å². The molecule has 3 nitrogen and oxygen atoms in total. The highest BCUT2D eigenvalue weighted by molar-refractivity contribution is 5.95. The third-order valence-corrected chi connectivity index (χ3v) is 3.68. The fourth-order valence-electron chi connectivity index (χ4n) is 2.26. The van der Waals surface area contributed by atoms with Crippen LogP contribution in [0.5, 0.6) is 0 Å². The lowest BCUT2D eigenvalue weighted by molar-refractivity contribution is -0.124. The Kier molecular flexibility index (Phi) is 5.90. The highest BCUT2D eigenvalue weighted by Gasteiger charge is 2.08. The quantitative estimate of drug-likeness (QED) is 0.763. The van der Waals surface area contributed by atoms with E-state index in [1.807, 2.05) is 49.5 Å². The zero-order chi connectivity index (χ0) is 15.8. The SMILES string of the molecule is CC/C(=C\C(=O)N(C)CCc1ccncc1)c1ccccc1. The van der Waals surface area contributed by atoms with Crippen molar-refractivity contribution >= 4 is 11.5 Å². The number of benzene rings is 1. The summed E-state index contributed by atoms with van der Waals surface area (Å²) < 4.78 is 0. The summed E-state index contributed by atoms with van der Waals surface area (Å²) in [5.41, 5.74) is 3.37. The number of aromatic nitrogens is 1. The van der Waals surface area contributed by atoms with Crippen LogP contribution in [0.3, 0.4) is 0 Å². The first-order valence-electron chi connectivity index (χ1n) is 7.60. The van der Waals surface area contributed by atoms with Crippen molar-refractivity contribution in [1.29, 1.82) is 0 Å². The van der Waals surface area contributed by atoms with Gasteiger partial charge in [-0.05, 0) is 41.7 Å². The first kappa shape index (κ1) is 16.0. The molecule has 114 valence electrons. The lowest BCUT2D eigenvalue weighted by Gasteiger charge is -2.16. The molecule has 2 rings (SSSR count). The average molecular weight is 294 g/mol. The Morgan fingerprint density at radius 2 is 1.82 bits per heavy atom. The van der Waals surface area contributed by atoms with Gasteiger partial charge in [0, 0.05) is 32.1 Å². The minimum atomic E-state index is 0.0507. The van der Waals surface area contributed by atoms with Gasteiger partial charge in [-0.15, -0.1) is 0 Å². The molecule has 0 fully saturated rings. The molecule has 1 amide bonds. The van der Waals surface area contributed by atoms with Gasteiger partial charge in [0.15, 0.2) is 0 Å². The molecule has 3 heteroatoms. The van der Waals surface area contributed by atoms with Gasteiger partial charge in [0.2, 0.25) is 5.91 Å². The molecule has 0 aliphatic carbocycles. The molecular weight excluding hydrogens is 272 g/mol. The van der Waals surface area contributed by atoms with Crippen LogP contribution in [0.15, 0.2) is 60.9 Å². The molecule has 0 N–H and O–H groups in total. The Balaban J connectivity index is 1.99. The maximum atomic E-state index is 12.3. The van der Waals surface area contributed by atoms with Crippen molar-refractivity contribution in [3.05, 3.63) is 72.1 Å². The van der Waals surface area contributed by atoms with Gasteiger partial charge in [-0.2, -0.15) is 0 Å². The van der Waals surface area contributed by atoms with Gasteiger partial charge in [-0.1, -0.05) is 37.3 Å². The smallest absolute Gasteiger partial charge is 0.246 e. The molecule has 0 aliphatic rings. The van der Waals surface area contributed by atoms with Crippen LogP contribution in [0, 0.1) is 0 Å². The number of likely N-dealkylation sites (N-methyl/N-ethyl adjacent to an activating group) is 1. The fourth-order valence-corrected chi connectivity index (χ4v) is 2.26. The number of amides is 1. The molecule has 0 unspecified atom stereocenters. The number of hydrogen-bond acceptors (Lipinski definition) is 2. The molecule has 0 radical (unpaired) electrons. The minimum absolute atomic E-state index is 0.0507. The number of pyridine rings is 1. The number of carbonyl (C=O) groups excluding carboxylic acids is 1. The van der Waals surface area contributed by atoms with E-state index in [0.29, 0.717) is 6.54 Å². The van der Waals surface area contributed by atoms with E-state index in [-0.39, 0.29) is 5.91 Å². The van der Waals surface area contributed by atoms with Crippen molar-refractivity contribution in [2.24, 2.45) is 0 Å². The molecule has 0 saturated carbocycles. The second-order valence-electron chi connectivity index (χ2n) is 5.25. The van der Waals surface area contributed by atoms with Crippen LogP contribution < -0.4 is 0 Å². The van der Waals surface area contributed by atoms with Gasteiger partial charge in [0.05, 0.1) is 0 Å². The Morgan fingerprint density at radius 3 is 2.45 bits per heavy atom. The minimum Gasteiger partial charge on any atom is -0.342 e. The lowest BCUT2D eigenvalue weighted by Crippen LogP contribution is -2.27. The van der Waals surface area contributed by atoms with Gasteiger partial charge >= 0.3 is 0 Å². The maximum Gasteiger partial charge on any atom is 0.246 e. The monoisotopic (exact) mass is 294 g/mol. The summed E-state index contributed by atoms with van der Waals surface area (Å²) in [5, 5.41) is 0. The standard InChI is InChI=1S/C19H22N2O/c1-3-17(18-7-5-4-6-8-18)15-19(22)21(2)14-11-16-9-12-20-13-10-16/h4-10,12-13,15H,3,11,14H2,1-2H3/b17-15+. The van der Waals surface area contributed by atoms with E-state index < -0.39 is 0 Å². The summed E-state index contributed by atoms with van der Waals surface area (Å²) in [7, 11) is 1.85. The lowest BCUT2D eigenvalue weighted by atomic mass is 10.0. The summed E-state index contributed by atoms with van der Waals surface area (Å²) in [5.74, 6) is 0.0507. The predicted octanol–water partition coefficient (Wildman–Crippen LogP) is 3.58. The number of carbonyl (C=O) groups is 1. The Morgan fingerprint density at radius 1 is 1.14 bits per heavy atom. The molecule has 0 aliphatic heterocycles. The third kappa shape index (κ3) is 4.55. The van der Waals surface area contributed by atoms with Gasteiger partial charge in [-0.25, -0.2) is 0 Å².